The third-order valence-electron chi connectivity index (χ3n) is 14.9. The summed E-state index contributed by atoms with van der Waals surface area (Å²) in [6, 6.07) is 81.8. The van der Waals surface area contributed by atoms with Crippen LogP contribution in [0.1, 0.15) is 44.4 Å². The van der Waals surface area contributed by atoms with Crippen molar-refractivity contribution in [1.82, 2.24) is 0 Å². The molecule has 326 valence electrons. The highest BCUT2D eigenvalue weighted by molar-refractivity contribution is 7.17. The lowest BCUT2D eigenvalue weighted by Crippen LogP contribution is -2.71. The second kappa shape index (κ2) is 18.2. The Labute approximate surface area is 399 Å². The molecule has 9 aromatic carbocycles. The number of hydrogen-bond donors (Lipinski definition) is 0. The van der Waals surface area contributed by atoms with Crippen LogP contribution in [0.5, 0.6) is 0 Å². The summed E-state index contributed by atoms with van der Waals surface area (Å²) in [6.45, 7) is 16.9. The zero-order valence-corrected chi connectivity index (χ0v) is 40.9. The smallest absolute Gasteiger partial charge is 0.0636 e. The number of aryl methyl sites for hydroxylation is 3. The van der Waals surface area contributed by atoms with Gasteiger partial charge in [-0.05, 0) is 135 Å². The van der Waals surface area contributed by atoms with Crippen LogP contribution in [0.2, 0.25) is 0 Å². The Morgan fingerprint density at radius 3 is 0.716 bits per heavy atom. The lowest BCUT2D eigenvalue weighted by Gasteiger charge is -2.42. The van der Waals surface area contributed by atoms with Crippen LogP contribution >= 0.6 is 0 Å². The van der Waals surface area contributed by atoms with E-state index in [1.165, 1.54) is 116 Å². The highest BCUT2D eigenvalue weighted by Crippen LogP contribution is 2.45. The first kappa shape index (κ1) is 43.6. The molecule has 0 heterocycles. The van der Waals surface area contributed by atoms with Crippen molar-refractivity contribution in [3.63, 3.8) is 0 Å². The molecule has 9 aromatic rings. The van der Waals surface area contributed by atoms with Crippen molar-refractivity contribution >= 4 is 23.6 Å². The predicted octanol–water partition coefficient (Wildman–Crippen LogP) is 15.9. The molecule has 0 bridgehead atoms. The van der Waals surface area contributed by atoms with E-state index in [-0.39, 0.29) is 5.92 Å². The summed E-state index contributed by atoms with van der Waals surface area (Å²) in [4.78, 5) is 0. The normalized spacial score (nSPS) is 13.9. The number of benzene rings is 9. The highest BCUT2D eigenvalue weighted by atomic mass is 28.3. The Bertz CT molecular complexity index is 2990. The quantitative estimate of drug-likeness (QED) is 0.0948. The van der Waals surface area contributed by atoms with Crippen molar-refractivity contribution in [3.05, 3.63) is 257 Å². The maximum atomic E-state index is 2.65. The lowest BCUT2D eigenvalue weighted by atomic mass is 9.92. The lowest BCUT2D eigenvalue weighted by molar-refractivity contribution is 0.851. The summed E-state index contributed by atoms with van der Waals surface area (Å²) in [6.07, 6.45) is 0. The van der Waals surface area contributed by atoms with Crippen molar-refractivity contribution in [2.45, 2.75) is 48.5 Å². The fourth-order valence-corrected chi connectivity index (χ4v) is 17.7. The van der Waals surface area contributed by atoms with Crippen LogP contribution in [0.15, 0.2) is 240 Å². The van der Waals surface area contributed by atoms with Gasteiger partial charge in [0.15, 0.2) is 8.07 Å². The molecule has 0 spiro atoms. The summed E-state index contributed by atoms with van der Waals surface area (Å²) in [5, 5.41) is 5.91. The van der Waals surface area contributed by atoms with Crippen LogP contribution in [-0.2, 0) is 0 Å². The van der Waals surface area contributed by atoms with E-state index in [1.54, 1.807) is 5.20 Å². The van der Waals surface area contributed by atoms with E-state index in [9.17, 15) is 0 Å². The fourth-order valence-electron chi connectivity index (χ4n) is 11.3. The van der Waals surface area contributed by atoms with E-state index in [4.69, 9.17) is 0 Å². The molecule has 0 saturated heterocycles. The first-order valence-electron chi connectivity index (χ1n) is 23.8. The van der Waals surface area contributed by atoms with Crippen LogP contribution in [0.25, 0.3) is 66.8 Å². The molecular formula is C66H58Si. The SMILES string of the molecule is CC1=C(C)C(C)C([Si](c2cc(-c3ccccc3)c(-c3ccccc3)cc2C)(c2cc(-c3ccccc3)c(-c3ccccc3)cc2C)c2cc(-c3ccccc3)c(-c3ccccc3)cc2C)=C1C. The van der Waals surface area contributed by atoms with E-state index in [1.807, 2.05) is 0 Å². The summed E-state index contributed by atoms with van der Waals surface area (Å²) in [5.41, 5.74) is 23.2. The van der Waals surface area contributed by atoms with Gasteiger partial charge in [-0.15, -0.1) is 0 Å². The average molecular weight is 879 g/mol. The van der Waals surface area contributed by atoms with Gasteiger partial charge in [-0.1, -0.05) is 258 Å². The Kier molecular flexibility index (Phi) is 11.8. The van der Waals surface area contributed by atoms with Gasteiger partial charge in [-0.25, -0.2) is 0 Å². The largest absolute Gasteiger partial charge is 0.177 e. The van der Waals surface area contributed by atoms with Gasteiger partial charge in [0.25, 0.3) is 0 Å². The van der Waals surface area contributed by atoms with E-state index in [0.717, 1.165) is 0 Å². The van der Waals surface area contributed by atoms with Crippen molar-refractivity contribution < 1.29 is 0 Å². The van der Waals surface area contributed by atoms with E-state index < -0.39 is 8.07 Å². The molecule has 0 saturated carbocycles. The van der Waals surface area contributed by atoms with E-state index in [0.29, 0.717) is 0 Å². The maximum Gasteiger partial charge on any atom is 0.177 e. The first-order valence-corrected chi connectivity index (χ1v) is 25.8. The minimum absolute atomic E-state index is 0.224. The first-order chi connectivity index (χ1) is 32.7. The van der Waals surface area contributed by atoms with Crippen molar-refractivity contribution in [3.8, 4) is 66.8 Å². The number of allylic oxidation sites excluding steroid dienone is 4. The molecule has 1 heteroatoms. The van der Waals surface area contributed by atoms with Gasteiger partial charge in [0.05, 0.1) is 0 Å². The summed E-state index contributed by atoms with van der Waals surface area (Å²) in [5.74, 6) is 0.224. The number of rotatable bonds is 10. The van der Waals surface area contributed by atoms with Gasteiger partial charge >= 0.3 is 0 Å². The zero-order chi connectivity index (χ0) is 46.2. The third kappa shape index (κ3) is 7.68. The molecule has 1 unspecified atom stereocenters. The number of hydrogen-bond acceptors (Lipinski definition) is 0. The molecule has 0 N–H and O–H groups in total. The van der Waals surface area contributed by atoms with Gasteiger partial charge < -0.3 is 0 Å². The molecule has 0 aliphatic heterocycles. The standard InChI is InChI=1S/C66H58Si/c1-44-38-57(51-26-14-8-15-27-51)60(54-32-20-11-21-33-54)41-63(44)67(66-49(6)47(4)48(5)50(66)7,64-42-61(55-34-22-12-23-35-55)58(39-45(64)2)52-28-16-9-17-29-52)65-43-62(56-36-24-13-25-37-56)59(40-46(65)3)53-30-18-10-19-31-53/h8-43,49H,1-7H3. The minimum atomic E-state index is -3.36. The van der Waals surface area contributed by atoms with Crippen LogP contribution in [-0.4, -0.2) is 8.07 Å². The van der Waals surface area contributed by atoms with Gasteiger partial charge in [0.2, 0.25) is 0 Å². The Balaban J connectivity index is 1.44. The fraction of sp³-hybridized carbons (Fsp3) is 0.121. The molecule has 10 rings (SSSR count). The molecule has 0 fully saturated rings. The topological polar surface area (TPSA) is 0 Å². The van der Waals surface area contributed by atoms with E-state index in [2.05, 4.69) is 267 Å². The molecule has 67 heavy (non-hydrogen) atoms. The predicted molar refractivity (Wildman–Crippen MR) is 291 cm³/mol. The van der Waals surface area contributed by atoms with E-state index >= 15 is 0 Å². The van der Waals surface area contributed by atoms with Crippen molar-refractivity contribution in [2.24, 2.45) is 5.92 Å². The van der Waals surface area contributed by atoms with Gasteiger partial charge in [-0.2, -0.15) is 0 Å². The summed E-state index contributed by atoms with van der Waals surface area (Å²) >= 11 is 0. The molecule has 0 aromatic heterocycles. The second-order valence-electron chi connectivity index (χ2n) is 18.7. The van der Waals surface area contributed by atoms with Crippen LogP contribution in [0.4, 0.5) is 0 Å². The van der Waals surface area contributed by atoms with Gasteiger partial charge in [0.1, 0.15) is 0 Å². The Hall–Kier alpha value is -7.32. The second-order valence-corrected chi connectivity index (χ2v) is 22.3. The Morgan fingerprint density at radius 2 is 0.507 bits per heavy atom. The van der Waals surface area contributed by atoms with Crippen LogP contribution in [0, 0.1) is 26.7 Å². The molecule has 1 aliphatic rings. The van der Waals surface area contributed by atoms with Crippen molar-refractivity contribution in [1.29, 1.82) is 0 Å². The van der Waals surface area contributed by atoms with Gasteiger partial charge in [0, 0.05) is 0 Å². The van der Waals surface area contributed by atoms with Crippen LogP contribution < -0.4 is 15.6 Å². The maximum absolute atomic E-state index is 3.36. The minimum Gasteiger partial charge on any atom is -0.0636 e. The molecular weight excluding hydrogens is 821 g/mol. The molecule has 0 amide bonds. The summed E-state index contributed by atoms with van der Waals surface area (Å²) < 4.78 is 0. The molecule has 0 radical (unpaired) electrons. The third-order valence-corrected chi connectivity index (χ3v) is 20.5. The summed E-state index contributed by atoms with van der Waals surface area (Å²) in [7, 11) is -3.36. The average Bonchev–Trinajstić information content (AvgIpc) is 3.57. The van der Waals surface area contributed by atoms with Crippen molar-refractivity contribution in [2.75, 3.05) is 0 Å². The monoisotopic (exact) mass is 878 g/mol. The highest BCUT2D eigenvalue weighted by Gasteiger charge is 2.51. The Morgan fingerprint density at radius 1 is 0.284 bits per heavy atom. The molecule has 1 aliphatic carbocycles. The zero-order valence-electron chi connectivity index (χ0n) is 39.9. The molecule has 1 atom stereocenters. The molecule has 0 nitrogen and oxygen atoms in total. The van der Waals surface area contributed by atoms with Gasteiger partial charge in [-0.3, -0.25) is 0 Å². The van der Waals surface area contributed by atoms with Crippen LogP contribution in [0.3, 0.4) is 0 Å².